The molecule has 7 heteroatoms. The monoisotopic (exact) mass is 401 g/mol. The van der Waals surface area contributed by atoms with Crippen molar-refractivity contribution in [2.24, 2.45) is 11.7 Å². The Hall–Kier alpha value is -2.52. The normalized spacial score (nSPS) is 23.5. The molecule has 1 saturated carbocycles. The Morgan fingerprint density at radius 1 is 1.36 bits per heavy atom. The van der Waals surface area contributed by atoms with Crippen molar-refractivity contribution >= 4 is 29.3 Å². The Bertz CT molecular complexity index is 826. The maximum Gasteiger partial charge on any atom is 0.243 e. The predicted molar refractivity (Wildman–Crippen MR) is 106 cm³/mol. The Balaban J connectivity index is 1.77. The van der Waals surface area contributed by atoms with Crippen LogP contribution < -0.4 is 11.1 Å². The van der Waals surface area contributed by atoms with Gasteiger partial charge in [0.1, 0.15) is 6.04 Å². The second kappa shape index (κ2) is 7.84. The largest absolute Gasteiger partial charge is 0.370 e. The lowest BCUT2D eigenvalue weighted by Crippen LogP contribution is -2.51. The molecule has 3 atom stereocenters. The molecule has 2 fully saturated rings. The molecule has 0 bridgehead atoms. The van der Waals surface area contributed by atoms with Crippen molar-refractivity contribution in [2.75, 3.05) is 6.54 Å². The quantitative estimate of drug-likeness (QED) is 0.709. The lowest BCUT2D eigenvalue weighted by atomic mass is 9.94. The Morgan fingerprint density at radius 3 is 2.54 bits per heavy atom. The number of carbonyl (C=O) groups excluding carboxylic acids is 3. The zero-order valence-electron chi connectivity index (χ0n) is 15.8. The van der Waals surface area contributed by atoms with Gasteiger partial charge in [0.05, 0.1) is 17.9 Å². The molecule has 0 aromatic heterocycles. The summed E-state index contributed by atoms with van der Waals surface area (Å²) in [6.45, 7) is 2.53. The highest BCUT2D eigenvalue weighted by molar-refractivity contribution is 6.30. The second-order valence-corrected chi connectivity index (χ2v) is 8.24. The molecule has 1 heterocycles. The summed E-state index contributed by atoms with van der Waals surface area (Å²) in [7, 11) is 0. The third-order valence-electron chi connectivity index (χ3n) is 5.55. The fraction of sp³-hybridized carbons (Fsp3) is 0.476. The van der Waals surface area contributed by atoms with Gasteiger partial charge in [-0.2, -0.15) is 0 Å². The number of carbonyl (C=O) groups is 3. The van der Waals surface area contributed by atoms with E-state index in [1.165, 1.54) is 0 Å². The van der Waals surface area contributed by atoms with E-state index in [0.717, 1.165) is 18.4 Å². The average molecular weight is 402 g/mol. The molecule has 1 aromatic carbocycles. The van der Waals surface area contributed by atoms with Gasteiger partial charge in [-0.25, -0.2) is 0 Å². The van der Waals surface area contributed by atoms with Crippen LogP contribution in [0.15, 0.2) is 24.3 Å². The number of nitrogens with zero attached hydrogens (tertiary/aromatic N) is 1. The molecule has 3 rings (SSSR count). The zero-order chi connectivity index (χ0) is 20.5. The number of hydrogen-bond donors (Lipinski definition) is 2. The van der Waals surface area contributed by atoms with Crippen molar-refractivity contribution in [3.05, 3.63) is 34.9 Å². The molecule has 28 heavy (non-hydrogen) atoms. The van der Waals surface area contributed by atoms with Crippen molar-refractivity contribution < 1.29 is 14.4 Å². The number of likely N-dealkylation sites (tertiary alicyclic amines) is 1. The molecule has 3 N–H and O–H groups in total. The van der Waals surface area contributed by atoms with Crippen LogP contribution in [0, 0.1) is 18.3 Å². The van der Waals surface area contributed by atoms with E-state index in [1.54, 1.807) is 17.0 Å². The van der Waals surface area contributed by atoms with E-state index < -0.39 is 23.4 Å². The molecule has 0 unspecified atom stereocenters. The van der Waals surface area contributed by atoms with Crippen LogP contribution in [0.1, 0.15) is 38.2 Å². The smallest absolute Gasteiger partial charge is 0.243 e. The van der Waals surface area contributed by atoms with Gasteiger partial charge in [-0.1, -0.05) is 36.6 Å². The van der Waals surface area contributed by atoms with Crippen LogP contribution in [-0.4, -0.2) is 41.2 Å². The van der Waals surface area contributed by atoms with Crippen molar-refractivity contribution in [1.29, 1.82) is 0 Å². The fourth-order valence-corrected chi connectivity index (χ4v) is 4.06. The summed E-state index contributed by atoms with van der Waals surface area (Å²) in [5.74, 6) is 1.60. The first kappa shape index (κ1) is 20.2. The second-order valence-electron chi connectivity index (χ2n) is 7.80. The van der Waals surface area contributed by atoms with Gasteiger partial charge in [0, 0.05) is 11.6 Å². The van der Waals surface area contributed by atoms with E-state index in [1.807, 2.05) is 19.1 Å². The summed E-state index contributed by atoms with van der Waals surface area (Å²) in [6.07, 6.45) is 7.32. The highest BCUT2D eigenvalue weighted by Crippen LogP contribution is 2.50. The van der Waals surface area contributed by atoms with Gasteiger partial charge >= 0.3 is 0 Å². The zero-order valence-corrected chi connectivity index (χ0v) is 16.5. The minimum Gasteiger partial charge on any atom is -0.370 e. The molecule has 1 aromatic rings. The number of nitrogens with one attached hydrogen (secondary N) is 1. The molecular formula is C21H24ClN3O3. The van der Waals surface area contributed by atoms with Crippen LogP contribution in [-0.2, 0) is 19.8 Å². The number of amides is 3. The van der Waals surface area contributed by atoms with E-state index in [0.29, 0.717) is 18.0 Å². The molecule has 3 amide bonds. The Kier molecular flexibility index (Phi) is 5.66. The number of halogens is 1. The van der Waals surface area contributed by atoms with Crippen LogP contribution in [0.5, 0.6) is 0 Å². The minimum absolute atomic E-state index is 0.0357. The SMILES string of the molecule is C#C[C@H](CC(N)=O)NC(=O)[C@@H]1C[C@@H](C)CN1C(=O)C1(c2ccc(Cl)cc2)CC1. The molecule has 1 saturated heterocycles. The highest BCUT2D eigenvalue weighted by atomic mass is 35.5. The predicted octanol–water partition coefficient (Wildman–Crippen LogP) is 1.60. The summed E-state index contributed by atoms with van der Waals surface area (Å²) >= 11 is 5.97. The number of hydrogen-bond acceptors (Lipinski definition) is 3. The van der Waals surface area contributed by atoms with Crippen molar-refractivity contribution in [2.45, 2.75) is 50.1 Å². The molecule has 6 nitrogen and oxygen atoms in total. The Labute approximate surface area is 169 Å². The molecule has 2 aliphatic rings. The van der Waals surface area contributed by atoms with Crippen molar-refractivity contribution in [1.82, 2.24) is 10.2 Å². The van der Waals surface area contributed by atoms with Crippen LogP contribution in [0.25, 0.3) is 0 Å². The van der Waals surface area contributed by atoms with Crippen LogP contribution in [0.4, 0.5) is 0 Å². The maximum atomic E-state index is 13.4. The molecule has 148 valence electrons. The molecular weight excluding hydrogens is 378 g/mol. The lowest BCUT2D eigenvalue weighted by molar-refractivity contribution is -0.140. The number of benzene rings is 1. The fourth-order valence-electron chi connectivity index (χ4n) is 3.93. The Morgan fingerprint density at radius 2 is 2.00 bits per heavy atom. The highest BCUT2D eigenvalue weighted by Gasteiger charge is 2.55. The number of terminal acetylenes is 1. The van der Waals surface area contributed by atoms with Gasteiger partial charge in [-0.3, -0.25) is 14.4 Å². The van der Waals surface area contributed by atoms with Crippen molar-refractivity contribution in [3.8, 4) is 12.3 Å². The summed E-state index contributed by atoms with van der Waals surface area (Å²) < 4.78 is 0. The van der Waals surface area contributed by atoms with E-state index in [9.17, 15) is 14.4 Å². The lowest BCUT2D eigenvalue weighted by Gasteiger charge is -2.29. The molecule has 0 spiro atoms. The van der Waals surface area contributed by atoms with Gasteiger partial charge < -0.3 is 16.0 Å². The van der Waals surface area contributed by atoms with Crippen molar-refractivity contribution in [3.63, 3.8) is 0 Å². The minimum atomic E-state index is -0.774. The molecule has 1 aliphatic carbocycles. The van der Waals surface area contributed by atoms with Gasteiger partial charge in [0.25, 0.3) is 0 Å². The number of nitrogens with two attached hydrogens (primary N) is 1. The van der Waals surface area contributed by atoms with E-state index in [-0.39, 0.29) is 24.2 Å². The average Bonchev–Trinajstić information content (AvgIpc) is 3.36. The first-order valence-corrected chi connectivity index (χ1v) is 9.76. The summed E-state index contributed by atoms with van der Waals surface area (Å²) in [5.41, 5.74) is 5.53. The third kappa shape index (κ3) is 4.00. The van der Waals surface area contributed by atoms with Gasteiger partial charge in [-0.05, 0) is 42.9 Å². The first-order chi connectivity index (χ1) is 13.3. The first-order valence-electron chi connectivity index (χ1n) is 9.39. The van der Waals surface area contributed by atoms with E-state index in [2.05, 4.69) is 11.2 Å². The summed E-state index contributed by atoms with van der Waals surface area (Å²) in [5, 5.41) is 3.30. The van der Waals surface area contributed by atoms with Gasteiger partial charge in [-0.15, -0.1) is 6.42 Å². The number of primary amides is 1. The van der Waals surface area contributed by atoms with E-state index in [4.69, 9.17) is 23.8 Å². The topological polar surface area (TPSA) is 92.5 Å². The third-order valence-corrected chi connectivity index (χ3v) is 5.80. The van der Waals surface area contributed by atoms with Gasteiger partial charge in [0.2, 0.25) is 17.7 Å². The number of rotatable bonds is 6. The maximum absolute atomic E-state index is 13.4. The van der Waals surface area contributed by atoms with Crippen LogP contribution in [0.3, 0.4) is 0 Å². The summed E-state index contributed by atoms with van der Waals surface area (Å²) in [6, 6.07) is 5.94. The van der Waals surface area contributed by atoms with Crippen LogP contribution in [0.2, 0.25) is 5.02 Å². The van der Waals surface area contributed by atoms with E-state index >= 15 is 0 Å². The van der Waals surface area contributed by atoms with Crippen LogP contribution >= 0.6 is 11.6 Å². The molecule has 0 radical (unpaired) electrons. The molecule has 1 aliphatic heterocycles. The van der Waals surface area contributed by atoms with Gasteiger partial charge in [0.15, 0.2) is 0 Å². The summed E-state index contributed by atoms with van der Waals surface area (Å²) in [4.78, 5) is 39.0. The standard InChI is InChI=1S/C21H24ClN3O3/c1-3-16(11-18(23)26)24-19(27)17-10-13(2)12-25(17)20(28)21(8-9-21)14-4-6-15(22)7-5-14/h1,4-7,13,16-17H,8-12H2,2H3,(H2,23,26)(H,24,27)/t13-,16-,17+/m1/s1.